The minimum absolute atomic E-state index is 0.442. The third-order valence-electron chi connectivity index (χ3n) is 4.29. The molecule has 0 aliphatic rings. The molecule has 6 nitrogen and oxygen atoms in total. The second-order valence-corrected chi connectivity index (χ2v) is 6.96. The van der Waals surface area contributed by atoms with Crippen molar-refractivity contribution in [2.45, 2.75) is 20.3 Å². The largest absolute Gasteiger partial charge is 0.493 e. The van der Waals surface area contributed by atoms with Crippen LogP contribution in [0.2, 0.25) is 0 Å². The molecule has 0 spiro atoms. The zero-order chi connectivity index (χ0) is 20.5. The molecule has 0 aliphatic carbocycles. The average molecular weight is 419 g/mol. The molecule has 0 aromatic heterocycles. The van der Waals surface area contributed by atoms with Gasteiger partial charge in [0, 0.05) is 12.2 Å². The maximum Gasteiger partial charge on any atom is 0.189 e. The minimum atomic E-state index is 0.442. The van der Waals surface area contributed by atoms with Crippen LogP contribution in [0.1, 0.15) is 16.7 Å². The summed E-state index contributed by atoms with van der Waals surface area (Å²) in [6.45, 7) is 4.78. The number of hydrogen-bond acceptors (Lipinski definition) is 4. The van der Waals surface area contributed by atoms with Crippen LogP contribution >= 0.6 is 24.4 Å². The SMILES string of the molecule is COc1ccc(CCNC(=S)NNC(=S)Nc2cccc(C)c2C)cc1OC. The van der Waals surface area contributed by atoms with E-state index in [0.717, 1.165) is 23.2 Å². The number of hydrogen-bond donors (Lipinski definition) is 4. The van der Waals surface area contributed by atoms with E-state index in [1.165, 1.54) is 5.56 Å². The Morgan fingerprint density at radius 3 is 2.36 bits per heavy atom. The molecule has 8 heteroatoms. The third-order valence-corrected chi connectivity index (χ3v) is 4.74. The summed E-state index contributed by atoms with van der Waals surface area (Å²) in [6, 6.07) is 11.9. The van der Waals surface area contributed by atoms with Gasteiger partial charge in [0.15, 0.2) is 21.7 Å². The Labute approximate surface area is 177 Å². The minimum Gasteiger partial charge on any atom is -0.493 e. The molecule has 0 fully saturated rings. The van der Waals surface area contributed by atoms with Gasteiger partial charge in [-0.2, -0.15) is 0 Å². The van der Waals surface area contributed by atoms with Crippen LogP contribution in [0.15, 0.2) is 36.4 Å². The molecule has 0 radical (unpaired) electrons. The van der Waals surface area contributed by atoms with Gasteiger partial charge in [0.2, 0.25) is 0 Å². The summed E-state index contributed by atoms with van der Waals surface area (Å²) in [5.74, 6) is 1.43. The molecule has 2 aromatic carbocycles. The summed E-state index contributed by atoms with van der Waals surface area (Å²) in [6.07, 6.45) is 0.785. The normalized spacial score (nSPS) is 10.0. The van der Waals surface area contributed by atoms with E-state index in [4.69, 9.17) is 33.9 Å². The number of anilines is 1. The second kappa shape index (κ2) is 10.7. The van der Waals surface area contributed by atoms with Gasteiger partial charge in [0.1, 0.15) is 0 Å². The molecular weight excluding hydrogens is 392 g/mol. The zero-order valence-corrected chi connectivity index (χ0v) is 18.1. The van der Waals surface area contributed by atoms with Crippen molar-refractivity contribution in [3.63, 3.8) is 0 Å². The van der Waals surface area contributed by atoms with Crippen LogP contribution in [0.4, 0.5) is 5.69 Å². The Morgan fingerprint density at radius 2 is 1.64 bits per heavy atom. The fourth-order valence-corrected chi connectivity index (χ4v) is 2.87. The van der Waals surface area contributed by atoms with Crippen LogP contribution in [-0.2, 0) is 6.42 Å². The molecule has 0 amide bonds. The molecule has 2 aromatic rings. The van der Waals surface area contributed by atoms with E-state index in [-0.39, 0.29) is 0 Å². The summed E-state index contributed by atoms with van der Waals surface area (Å²) < 4.78 is 10.6. The number of ether oxygens (including phenoxy) is 2. The average Bonchev–Trinajstić information content (AvgIpc) is 2.69. The molecule has 28 heavy (non-hydrogen) atoms. The van der Waals surface area contributed by atoms with Crippen molar-refractivity contribution in [1.29, 1.82) is 0 Å². The van der Waals surface area contributed by atoms with Crippen LogP contribution in [0, 0.1) is 13.8 Å². The number of nitrogens with one attached hydrogen (secondary N) is 4. The van der Waals surface area contributed by atoms with Gasteiger partial charge >= 0.3 is 0 Å². The number of aryl methyl sites for hydroxylation is 1. The van der Waals surface area contributed by atoms with Crippen molar-refractivity contribution in [2.24, 2.45) is 0 Å². The third kappa shape index (κ3) is 6.24. The Bertz CT molecular complexity index is 843. The predicted molar refractivity (Wildman–Crippen MR) is 122 cm³/mol. The molecule has 0 unspecified atom stereocenters. The van der Waals surface area contributed by atoms with Crippen LogP contribution in [0.25, 0.3) is 0 Å². The molecule has 150 valence electrons. The summed E-state index contributed by atoms with van der Waals surface area (Å²) in [5.41, 5.74) is 10.2. The van der Waals surface area contributed by atoms with Crippen LogP contribution < -0.4 is 31.0 Å². The Morgan fingerprint density at radius 1 is 0.929 bits per heavy atom. The van der Waals surface area contributed by atoms with E-state index in [9.17, 15) is 0 Å². The highest BCUT2D eigenvalue weighted by molar-refractivity contribution is 7.80. The summed E-state index contributed by atoms with van der Waals surface area (Å²) in [5, 5.41) is 7.20. The lowest BCUT2D eigenvalue weighted by Gasteiger charge is -2.16. The van der Waals surface area contributed by atoms with E-state index in [2.05, 4.69) is 34.5 Å². The van der Waals surface area contributed by atoms with Crippen LogP contribution in [0.3, 0.4) is 0 Å². The first-order valence-electron chi connectivity index (χ1n) is 8.82. The van der Waals surface area contributed by atoms with Crippen molar-refractivity contribution in [2.75, 3.05) is 26.1 Å². The van der Waals surface area contributed by atoms with Gasteiger partial charge in [0.05, 0.1) is 14.2 Å². The fraction of sp³-hybridized carbons (Fsp3) is 0.300. The van der Waals surface area contributed by atoms with Gasteiger partial charge in [-0.1, -0.05) is 18.2 Å². The quantitative estimate of drug-likeness (QED) is 0.421. The first-order valence-corrected chi connectivity index (χ1v) is 9.64. The van der Waals surface area contributed by atoms with Gasteiger partial charge in [-0.15, -0.1) is 0 Å². The van der Waals surface area contributed by atoms with E-state index < -0.39 is 0 Å². The van der Waals surface area contributed by atoms with E-state index in [0.29, 0.717) is 28.3 Å². The summed E-state index contributed by atoms with van der Waals surface area (Å²) in [7, 11) is 3.25. The van der Waals surface area contributed by atoms with Crippen LogP contribution in [-0.4, -0.2) is 31.0 Å². The van der Waals surface area contributed by atoms with Gasteiger partial charge in [-0.3, -0.25) is 10.9 Å². The highest BCUT2D eigenvalue weighted by atomic mass is 32.1. The van der Waals surface area contributed by atoms with Crippen molar-refractivity contribution >= 4 is 40.3 Å². The van der Waals surface area contributed by atoms with Crippen molar-refractivity contribution in [3.05, 3.63) is 53.1 Å². The maximum atomic E-state index is 5.32. The molecule has 0 atom stereocenters. The lowest BCUT2D eigenvalue weighted by molar-refractivity contribution is 0.354. The zero-order valence-electron chi connectivity index (χ0n) is 16.5. The summed E-state index contributed by atoms with van der Waals surface area (Å²) >= 11 is 10.6. The molecule has 0 heterocycles. The molecule has 2 rings (SSSR count). The van der Waals surface area contributed by atoms with Crippen LogP contribution in [0.5, 0.6) is 11.5 Å². The smallest absolute Gasteiger partial charge is 0.189 e. The number of benzene rings is 2. The number of thiocarbonyl (C=S) groups is 2. The monoisotopic (exact) mass is 418 g/mol. The topological polar surface area (TPSA) is 66.6 Å². The highest BCUT2D eigenvalue weighted by Crippen LogP contribution is 2.27. The van der Waals surface area contributed by atoms with E-state index >= 15 is 0 Å². The predicted octanol–water partition coefficient (Wildman–Crippen LogP) is 3.23. The summed E-state index contributed by atoms with van der Waals surface area (Å²) in [4.78, 5) is 0. The molecule has 0 bridgehead atoms. The van der Waals surface area contributed by atoms with Gasteiger partial charge in [-0.05, 0) is 79.6 Å². The number of hydrazine groups is 1. The second-order valence-electron chi connectivity index (χ2n) is 6.15. The molecule has 0 saturated carbocycles. The lowest BCUT2D eigenvalue weighted by Crippen LogP contribution is -2.48. The van der Waals surface area contributed by atoms with Crippen molar-refractivity contribution < 1.29 is 9.47 Å². The molecule has 0 aliphatic heterocycles. The maximum absolute atomic E-state index is 5.32. The first-order chi connectivity index (χ1) is 13.4. The Kier molecular flexibility index (Phi) is 8.28. The molecule has 0 saturated heterocycles. The molecular formula is C20H26N4O2S2. The van der Waals surface area contributed by atoms with Crippen molar-refractivity contribution in [3.8, 4) is 11.5 Å². The Balaban J connectivity index is 1.74. The standard InChI is InChI=1S/C20H26N4O2S2/c1-13-6-5-7-16(14(13)2)22-20(28)24-23-19(27)21-11-10-15-8-9-17(25-3)18(12-15)26-4/h5-9,12H,10-11H2,1-4H3,(H2,21,23,27)(H2,22,24,28). The number of methoxy groups -OCH3 is 2. The lowest BCUT2D eigenvalue weighted by atomic mass is 10.1. The van der Waals surface area contributed by atoms with E-state index in [1.807, 2.05) is 37.3 Å². The van der Waals surface area contributed by atoms with E-state index in [1.54, 1.807) is 14.2 Å². The molecule has 4 N–H and O–H groups in total. The van der Waals surface area contributed by atoms with Gasteiger partial charge in [0.25, 0.3) is 0 Å². The number of rotatable bonds is 6. The first kappa shape index (κ1) is 21.7. The van der Waals surface area contributed by atoms with Gasteiger partial charge in [-0.25, -0.2) is 0 Å². The fourth-order valence-electron chi connectivity index (χ4n) is 2.55. The van der Waals surface area contributed by atoms with Crippen molar-refractivity contribution in [1.82, 2.24) is 16.2 Å². The van der Waals surface area contributed by atoms with Gasteiger partial charge < -0.3 is 20.1 Å². The Hall–Kier alpha value is -2.58. The highest BCUT2D eigenvalue weighted by Gasteiger charge is 2.05.